The summed E-state index contributed by atoms with van der Waals surface area (Å²) >= 11 is 1.44. The quantitative estimate of drug-likeness (QED) is 0.529. The number of nitrogens with zero attached hydrogens (tertiary/aromatic N) is 3. The van der Waals surface area contributed by atoms with E-state index in [1.807, 2.05) is 30.3 Å². The summed E-state index contributed by atoms with van der Waals surface area (Å²) < 4.78 is 5.96. The summed E-state index contributed by atoms with van der Waals surface area (Å²) in [5, 5.41) is 0.797. The average molecular weight is 444 g/mol. The first kappa shape index (κ1) is 20.8. The zero-order valence-corrected chi connectivity index (χ0v) is 18.8. The van der Waals surface area contributed by atoms with Gasteiger partial charge < -0.3 is 9.32 Å². The van der Waals surface area contributed by atoms with Gasteiger partial charge in [-0.3, -0.25) is 9.69 Å². The van der Waals surface area contributed by atoms with Crippen LogP contribution < -0.4 is 0 Å². The maximum atomic E-state index is 12.5. The van der Waals surface area contributed by atoms with Gasteiger partial charge in [0.2, 0.25) is 0 Å². The minimum Gasteiger partial charge on any atom is -0.457 e. The van der Waals surface area contributed by atoms with Crippen LogP contribution in [0.5, 0.6) is 0 Å². The summed E-state index contributed by atoms with van der Waals surface area (Å²) in [6.07, 6.45) is 1.80. The normalized spacial score (nSPS) is 18.4. The van der Waals surface area contributed by atoms with Crippen molar-refractivity contribution in [1.29, 1.82) is 0 Å². The van der Waals surface area contributed by atoms with Gasteiger partial charge in [-0.05, 0) is 36.4 Å². The molecule has 0 bridgehead atoms. The molecule has 0 saturated carbocycles. The molecule has 2 aliphatic rings. The molecular weight excluding hydrogens is 418 g/mol. The lowest BCUT2D eigenvalue weighted by molar-refractivity contribution is -0.113. The number of hydrogen-bond donors (Lipinski definition) is 0. The molecule has 0 N–H and O–H groups in total. The van der Waals surface area contributed by atoms with Gasteiger partial charge in [0.1, 0.15) is 11.5 Å². The monoisotopic (exact) mass is 443 g/mol. The molecule has 1 aromatic heterocycles. The predicted octanol–water partition coefficient (Wildman–Crippen LogP) is 5.04. The van der Waals surface area contributed by atoms with E-state index in [0.29, 0.717) is 10.7 Å². The number of amides is 1. The van der Waals surface area contributed by atoms with Crippen LogP contribution in [0.3, 0.4) is 0 Å². The number of rotatable bonds is 4. The van der Waals surface area contributed by atoms with Crippen molar-refractivity contribution in [2.24, 2.45) is 4.99 Å². The van der Waals surface area contributed by atoms with Crippen molar-refractivity contribution in [2.45, 2.75) is 13.5 Å². The van der Waals surface area contributed by atoms with Crippen LogP contribution in [0.4, 0.5) is 0 Å². The number of carbonyl (C=O) groups excluding carboxylic acids is 1. The lowest BCUT2D eigenvalue weighted by atomic mass is 10.1. The number of benzene rings is 2. The van der Waals surface area contributed by atoms with E-state index in [-0.39, 0.29) is 5.91 Å². The minimum atomic E-state index is -0.190. The molecular formula is C26H25N3O2S. The highest BCUT2D eigenvalue weighted by atomic mass is 32.2. The maximum Gasteiger partial charge on any atom is 0.286 e. The van der Waals surface area contributed by atoms with Gasteiger partial charge in [-0.25, -0.2) is 0 Å². The first-order chi connectivity index (χ1) is 15.6. The number of carbonyl (C=O) groups is 1. The molecule has 5 nitrogen and oxygen atoms in total. The fraction of sp³-hybridized carbons (Fsp3) is 0.231. The second-order valence-corrected chi connectivity index (χ2v) is 9.14. The molecule has 0 atom stereocenters. The van der Waals surface area contributed by atoms with E-state index in [1.165, 1.54) is 22.9 Å². The van der Waals surface area contributed by atoms with Crippen molar-refractivity contribution in [1.82, 2.24) is 9.80 Å². The van der Waals surface area contributed by atoms with E-state index < -0.39 is 0 Å². The Morgan fingerprint density at radius 3 is 2.47 bits per heavy atom. The summed E-state index contributed by atoms with van der Waals surface area (Å²) in [7, 11) is 0. The van der Waals surface area contributed by atoms with E-state index in [2.05, 4.69) is 58.1 Å². The lowest BCUT2D eigenvalue weighted by Crippen LogP contribution is -2.47. The van der Waals surface area contributed by atoms with Gasteiger partial charge in [0.25, 0.3) is 5.91 Å². The molecule has 2 aliphatic heterocycles. The minimum absolute atomic E-state index is 0.190. The number of hydrogen-bond acceptors (Lipinski definition) is 5. The zero-order valence-electron chi connectivity index (χ0n) is 18.0. The predicted molar refractivity (Wildman–Crippen MR) is 130 cm³/mol. The van der Waals surface area contributed by atoms with Crippen LogP contribution in [-0.2, 0) is 11.3 Å². The van der Waals surface area contributed by atoms with Gasteiger partial charge in [-0.15, -0.1) is 0 Å². The first-order valence-corrected chi connectivity index (χ1v) is 11.7. The summed E-state index contributed by atoms with van der Waals surface area (Å²) in [4.78, 5) is 22.1. The van der Waals surface area contributed by atoms with E-state index >= 15 is 0 Å². The largest absolute Gasteiger partial charge is 0.457 e. The van der Waals surface area contributed by atoms with E-state index in [0.717, 1.165) is 49.2 Å². The molecule has 6 heteroatoms. The highest BCUT2D eigenvalue weighted by Gasteiger charge is 2.28. The molecule has 0 spiro atoms. The summed E-state index contributed by atoms with van der Waals surface area (Å²) in [5.41, 5.74) is 3.56. The Balaban J connectivity index is 1.20. The van der Waals surface area contributed by atoms with Crippen LogP contribution in [-0.4, -0.2) is 47.1 Å². The molecule has 0 radical (unpaired) electrons. The highest BCUT2D eigenvalue weighted by molar-refractivity contribution is 8.18. The van der Waals surface area contributed by atoms with Crippen LogP contribution >= 0.6 is 11.8 Å². The highest BCUT2D eigenvalue weighted by Crippen LogP contribution is 2.32. The van der Waals surface area contributed by atoms with E-state index in [1.54, 1.807) is 6.08 Å². The van der Waals surface area contributed by atoms with Crippen LogP contribution in [0.25, 0.3) is 17.4 Å². The van der Waals surface area contributed by atoms with Gasteiger partial charge >= 0.3 is 0 Å². The van der Waals surface area contributed by atoms with Crippen molar-refractivity contribution in [3.63, 3.8) is 0 Å². The zero-order chi connectivity index (χ0) is 21.9. The fourth-order valence-corrected chi connectivity index (χ4v) is 4.85. The number of furan rings is 1. The molecule has 32 heavy (non-hydrogen) atoms. The molecule has 5 rings (SSSR count). The third-order valence-corrected chi connectivity index (χ3v) is 6.78. The standard InChI is InChI=1S/C26H25N3O2S/c1-19-7-9-21(10-8-19)23-12-11-22(31-23)17-24-25(30)27-26(32-24)29-15-13-28(14-16-29)18-20-5-3-2-4-6-20/h2-12,17H,13-16,18H2,1H3/b24-17+. The van der Waals surface area contributed by atoms with E-state index in [4.69, 9.17) is 4.42 Å². The first-order valence-electron chi connectivity index (χ1n) is 10.8. The summed E-state index contributed by atoms with van der Waals surface area (Å²) in [6.45, 7) is 6.68. The van der Waals surface area contributed by atoms with Gasteiger partial charge in [0.05, 0.1) is 4.91 Å². The van der Waals surface area contributed by atoms with Crippen molar-refractivity contribution in [3.8, 4) is 11.3 Å². The molecule has 3 aromatic rings. The van der Waals surface area contributed by atoms with Crippen molar-refractivity contribution in [3.05, 3.63) is 88.5 Å². The maximum absolute atomic E-state index is 12.5. The summed E-state index contributed by atoms with van der Waals surface area (Å²) in [5.74, 6) is 1.27. The third-order valence-electron chi connectivity index (χ3n) is 5.74. The van der Waals surface area contributed by atoms with Gasteiger partial charge in [-0.2, -0.15) is 4.99 Å². The number of amidine groups is 1. The number of aryl methyl sites for hydroxylation is 1. The Bertz CT molecular complexity index is 1160. The lowest BCUT2D eigenvalue weighted by Gasteiger charge is -2.35. The van der Waals surface area contributed by atoms with Crippen molar-refractivity contribution in [2.75, 3.05) is 26.2 Å². The van der Waals surface area contributed by atoms with Gasteiger partial charge in [0, 0.05) is 44.4 Å². The van der Waals surface area contributed by atoms with Crippen LogP contribution in [0.2, 0.25) is 0 Å². The number of piperazine rings is 1. The molecule has 1 saturated heterocycles. The van der Waals surface area contributed by atoms with Crippen molar-refractivity contribution >= 4 is 28.9 Å². The molecule has 0 aliphatic carbocycles. The Morgan fingerprint density at radius 1 is 0.969 bits per heavy atom. The summed E-state index contributed by atoms with van der Waals surface area (Å²) in [6, 6.07) is 22.6. The molecule has 3 heterocycles. The third kappa shape index (κ3) is 4.71. The van der Waals surface area contributed by atoms with Crippen LogP contribution in [0.1, 0.15) is 16.9 Å². The Hall–Kier alpha value is -3.09. The smallest absolute Gasteiger partial charge is 0.286 e. The van der Waals surface area contributed by atoms with Crippen LogP contribution in [0.15, 0.2) is 81.0 Å². The molecule has 162 valence electrons. The van der Waals surface area contributed by atoms with Crippen molar-refractivity contribution < 1.29 is 9.21 Å². The Morgan fingerprint density at radius 2 is 1.72 bits per heavy atom. The molecule has 1 fully saturated rings. The topological polar surface area (TPSA) is 49.0 Å². The van der Waals surface area contributed by atoms with Gasteiger partial charge in [0.15, 0.2) is 5.17 Å². The fourth-order valence-electron chi connectivity index (χ4n) is 3.90. The molecule has 0 unspecified atom stereocenters. The SMILES string of the molecule is Cc1ccc(-c2ccc(/C=C3/SC(N4CCN(Cc5ccccc5)CC4)=NC3=O)o2)cc1. The number of aliphatic imine (C=N–C) groups is 1. The second-order valence-electron chi connectivity index (χ2n) is 8.13. The Kier molecular flexibility index (Phi) is 5.97. The molecule has 1 amide bonds. The Labute approximate surface area is 192 Å². The van der Waals surface area contributed by atoms with E-state index in [9.17, 15) is 4.79 Å². The number of thioether (sulfide) groups is 1. The average Bonchev–Trinajstić information content (AvgIpc) is 3.43. The molecule has 2 aromatic carbocycles. The second kappa shape index (κ2) is 9.18. The van der Waals surface area contributed by atoms with Gasteiger partial charge in [-0.1, -0.05) is 60.2 Å². The van der Waals surface area contributed by atoms with Crippen LogP contribution in [0, 0.1) is 6.92 Å².